The SMILES string of the molecule is Fc1ccc(NCC(F)(F)c2ccccc2)c(Br)c1. The Bertz CT molecular complexity index is 558. The minimum absolute atomic E-state index is 0.0549. The number of alkyl halides is 2. The van der Waals surface area contributed by atoms with Crippen LogP contribution in [0.3, 0.4) is 0 Å². The summed E-state index contributed by atoms with van der Waals surface area (Å²) in [4.78, 5) is 0. The molecule has 0 amide bonds. The fourth-order valence-electron chi connectivity index (χ4n) is 1.62. The highest BCUT2D eigenvalue weighted by Gasteiger charge is 2.31. The lowest BCUT2D eigenvalue weighted by Crippen LogP contribution is -2.24. The quantitative estimate of drug-likeness (QED) is 0.850. The number of benzene rings is 2. The first-order valence-electron chi connectivity index (χ1n) is 5.61. The van der Waals surface area contributed by atoms with Crippen molar-refractivity contribution in [1.82, 2.24) is 0 Å². The van der Waals surface area contributed by atoms with Gasteiger partial charge in [-0.25, -0.2) is 4.39 Å². The third-order valence-corrected chi connectivity index (χ3v) is 3.28. The lowest BCUT2D eigenvalue weighted by Gasteiger charge is -2.18. The van der Waals surface area contributed by atoms with E-state index in [4.69, 9.17) is 0 Å². The summed E-state index contributed by atoms with van der Waals surface area (Å²) in [5, 5.41) is 2.62. The summed E-state index contributed by atoms with van der Waals surface area (Å²) in [5.41, 5.74) is 0.373. The normalized spacial score (nSPS) is 11.4. The number of anilines is 1. The van der Waals surface area contributed by atoms with Gasteiger partial charge in [-0.2, -0.15) is 8.78 Å². The molecule has 100 valence electrons. The van der Waals surface area contributed by atoms with Crippen molar-refractivity contribution in [2.45, 2.75) is 5.92 Å². The van der Waals surface area contributed by atoms with Crippen LogP contribution in [0, 0.1) is 5.82 Å². The number of halogens is 4. The summed E-state index contributed by atoms with van der Waals surface area (Å²) in [6.07, 6.45) is 0. The van der Waals surface area contributed by atoms with Gasteiger partial charge in [-0.1, -0.05) is 30.3 Å². The van der Waals surface area contributed by atoms with Crippen LogP contribution in [0.4, 0.5) is 18.9 Å². The molecule has 0 aromatic heterocycles. The molecule has 1 N–H and O–H groups in total. The second-order valence-electron chi connectivity index (χ2n) is 4.05. The topological polar surface area (TPSA) is 12.0 Å². The molecule has 2 aromatic rings. The summed E-state index contributed by atoms with van der Waals surface area (Å²) >= 11 is 3.12. The van der Waals surface area contributed by atoms with Crippen molar-refractivity contribution in [3.05, 3.63) is 64.4 Å². The smallest absolute Gasteiger partial charge is 0.290 e. The van der Waals surface area contributed by atoms with Crippen LogP contribution in [0.25, 0.3) is 0 Å². The predicted molar refractivity (Wildman–Crippen MR) is 72.9 cm³/mol. The van der Waals surface area contributed by atoms with Crippen molar-refractivity contribution >= 4 is 21.6 Å². The number of rotatable bonds is 4. The third kappa shape index (κ3) is 3.50. The van der Waals surface area contributed by atoms with Crippen LogP contribution in [0.5, 0.6) is 0 Å². The second kappa shape index (κ2) is 5.65. The summed E-state index contributed by atoms with van der Waals surface area (Å²) in [7, 11) is 0. The van der Waals surface area contributed by atoms with Crippen LogP contribution in [0.15, 0.2) is 53.0 Å². The lowest BCUT2D eigenvalue weighted by atomic mass is 10.1. The Kier molecular flexibility index (Phi) is 4.14. The summed E-state index contributed by atoms with van der Waals surface area (Å²) in [6, 6.07) is 11.4. The van der Waals surface area contributed by atoms with E-state index in [0.717, 1.165) is 0 Å². The van der Waals surface area contributed by atoms with E-state index >= 15 is 0 Å². The third-order valence-electron chi connectivity index (χ3n) is 2.63. The van der Waals surface area contributed by atoms with Crippen LogP contribution in [-0.2, 0) is 5.92 Å². The minimum atomic E-state index is -2.99. The van der Waals surface area contributed by atoms with Gasteiger partial charge >= 0.3 is 0 Å². The number of hydrogen-bond acceptors (Lipinski definition) is 1. The van der Waals surface area contributed by atoms with Gasteiger partial charge in [-0.15, -0.1) is 0 Å². The standard InChI is InChI=1S/C14H11BrF3N/c15-12-8-11(16)6-7-13(12)19-9-14(17,18)10-4-2-1-3-5-10/h1-8,19H,9H2. The Balaban J connectivity index is 2.09. The molecular formula is C14H11BrF3N. The zero-order valence-electron chi connectivity index (χ0n) is 9.84. The minimum Gasteiger partial charge on any atom is -0.378 e. The van der Waals surface area contributed by atoms with Crippen LogP contribution < -0.4 is 5.32 Å². The molecule has 2 rings (SSSR count). The second-order valence-corrected chi connectivity index (χ2v) is 4.90. The first-order chi connectivity index (χ1) is 8.99. The summed E-state index contributed by atoms with van der Waals surface area (Å²) < 4.78 is 41.1. The molecule has 0 atom stereocenters. The molecule has 2 aromatic carbocycles. The molecule has 1 nitrogen and oxygen atoms in total. The van der Waals surface area contributed by atoms with Crippen LogP contribution in [0.2, 0.25) is 0 Å². The largest absolute Gasteiger partial charge is 0.378 e. The molecule has 0 unspecified atom stereocenters. The first kappa shape index (κ1) is 13.9. The highest BCUT2D eigenvalue weighted by molar-refractivity contribution is 9.10. The van der Waals surface area contributed by atoms with E-state index in [1.54, 1.807) is 18.2 Å². The molecular weight excluding hydrogens is 319 g/mol. The van der Waals surface area contributed by atoms with Gasteiger partial charge in [0.2, 0.25) is 0 Å². The monoisotopic (exact) mass is 329 g/mol. The van der Waals surface area contributed by atoms with Crippen molar-refractivity contribution < 1.29 is 13.2 Å². The maximum atomic E-state index is 13.9. The van der Waals surface area contributed by atoms with Gasteiger partial charge < -0.3 is 5.32 Å². The molecule has 0 saturated carbocycles. The molecule has 0 spiro atoms. The maximum Gasteiger partial charge on any atom is 0.290 e. The van der Waals surface area contributed by atoms with Crippen molar-refractivity contribution in [2.75, 3.05) is 11.9 Å². The van der Waals surface area contributed by atoms with Crippen LogP contribution in [-0.4, -0.2) is 6.54 Å². The van der Waals surface area contributed by atoms with E-state index < -0.39 is 18.3 Å². The molecule has 0 aliphatic carbocycles. The van der Waals surface area contributed by atoms with E-state index in [-0.39, 0.29) is 5.56 Å². The van der Waals surface area contributed by atoms with Gasteiger partial charge in [0.05, 0.1) is 6.54 Å². The zero-order chi connectivity index (χ0) is 13.9. The molecule has 0 aliphatic heterocycles. The van der Waals surface area contributed by atoms with Gasteiger partial charge in [0.1, 0.15) is 5.82 Å². The highest BCUT2D eigenvalue weighted by Crippen LogP contribution is 2.30. The fourth-order valence-corrected chi connectivity index (χ4v) is 2.11. The molecule has 0 heterocycles. The average Bonchev–Trinajstić information content (AvgIpc) is 2.39. The van der Waals surface area contributed by atoms with Crippen molar-refractivity contribution in [2.24, 2.45) is 0 Å². The summed E-state index contributed by atoms with van der Waals surface area (Å²) in [6.45, 7) is -0.554. The Morgan fingerprint density at radius 2 is 1.74 bits per heavy atom. The Labute approximate surface area is 117 Å². The number of hydrogen-bond donors (Lipinski definition) is 1. The molecule has 0 bridgehead atoms. The Hall–Kier alpha value is -1.49. The first-order valence-corrected chi connectivity index (χ1v) is 6.40. The Morgan fingerprint density at radius 1 is 1.05 bits per heavy atom. The predicted octanol–water partition coefficient (Wildman–Crippen LogP) is 4.79. The van der Waals surface area contributed by atoms with Gasteiger partial charge in [-0.3, -0.25) is 0 Å². The van der Waals surface area contributed by atoms with Crippen molar-refractivity contribution in [1.29, 1.82) is 0 Å². The molecule has 0 radical (unpaired) electrons. The van der Waals surface area contributed by atoms with E-state index in [1.165, 1.54) is 30.3 Å². The molecule has 5 heteroatoms. The molecule has 19 heavy (non-hydrogen) atoms. The van der Waals surface area contributed by atoms with E-state index in [0.29, 0.717) is 10.2 Å². The van der Waals surface area contributed by atoms with Gasteiger partial charge in [0, 0.05) is 15.7 Å². The molecule has 0 aliphatic rings. The van der Waals surface area contributed by atoms with E-state index in [2.05, 4.69) is 21.2 Å². The van der Waals surface area contributed by atoms with E-state index in [9.17, 15) is 13.2 Å². The van der Waals surface area contributed by atoms with Crippen LogP contribution in [0.1, 0.15) is 5.56 Å². The molecule has 0 saturated heterocycles. The van der Waals surface area contributed by atoms with Crippen LogP contribution >= 0.6 is 15.9 Å². The van der Waals surface area contributed by atoms with E-state index in [1.807, 2.05) is 0 Å². The van der Waals surface area contributed by atoms with Gasteiger partial charge in [0.25, 0.3) is 5.92 Å². The zero-order valence-corrected chi connectivity index (χ0v) is 11.4. The highest BCUT2D eigenvalue weighted by atomic mass is 79.9. The number of nitrogens with one attached hydrogen (secondary N) is 1. The lowest BCUT2D eigenvalue weighted by molar-refractivity contribution is 0.0106. The fraction of sp³-hybridized carbons (Fsp3) is 0.143. The molecule has 0 fully saturated rings. The average molecular weight is 330 g/mol. The van der Waals surface area contributed by atoms with Crippen molar-refractivity contribution in [3.8, 4) is 0 Å². The Morgan fingerprint density at radius 3 is 2.37 bits per heavy atom. The van der Waals surface area contributed by atoms with Gasteiger partial charge in [-0.05, 0) is 34.1 Å². The van der Waals surface area contributed by atoms with Crippen molar-refractivity contribution in [3.63, 3.8) is 0 Å². The van der Waals surface area contributed by atoms with Gasteiger partial charge in [0.15, 0.2) is 0 Å². The summed E-state index contributed by atoms with van der Waals surface area (Å²) in [5.74, 6) is -3.41. The maximum absolute atomic E-state index is 13.9.